The van der Waals surface area contributed by atoms with E-state index in [0.717, 1.165) is 25.7 Å². The van der Waals surface area contributed by atoms with E-state index in [1.54, 1.807) is 0 Å². The molecule has 1 amide bonds. The average molecular weight is 258 g/mol. The lowest BCUT2D eigenvalue weighted by Gasteiger charge is -2.27. The van der Waals surface area contributed by atoms with Gasteiger partial charge in [-0.1, -0.05) is 12.8 Å². The summed E-state index contributed by atoms with van der Waals surface area (Å²) in [7, 11) is 0. The Hall–Kier alpha value is -1.14. The number of hydrogen-bond acceptors (Lipinski definition) is 4. The second kappa shape index (κ2) is 6.70. The van der Waals surface area contributed by atoms with Crippen LogP contribution in [-0.2, 0) is 9.59 Å². The van der Waals surface area contributed by atoms with Crippen molar-refractivity contribution in [3.63, 3.8) is 0 Å². The van der Waals surface area contributed by atoms with Gasteiger partial charge in [0.15, 0.2) is 0 Å². The number of hydrogen-bond donors (Lipinski definition) is 4. The van der Waals surface area contributed by atoms with Crippen molar-refractivity contribution in [3.05, 3.63) is 0 Å². The maximum Gasteiger partial charge on any atom is 0.303 e. The lowest BCUT2D eigenvalue weighted by atomic mass is 9.87. The third-order valence-electron chi connectivity index (χ3n) is 3.64. The number of carbonyl (C=O) groups is 2. The first-order chi connectivity index (χ1) is 8.49. The molecule has 1 unspecified atom stereocenters. The van der Waals surface area contributed by atoms with E-state index in [1.165, 1.54) is 0 Å². The molecule has 18 heavy (non-hydrogen) atoms. The SMILES string of the molecule is NC(CCC(=O)O)C(=O)NCC1(CO)CCCC1. The molecule has 0 aliphatic heterocycles. The predicted molar refractivity (Wildman–Crippen MR) is 65.8 cm³/mol. The summed E-state index contributed by atoms with van der Waals surface area (Å²) >= 11 is 0. The van der Waals surface area contributed by atoms with Crippen molar-refractivity contribution in [2.24, 2.45) is 11.1 Å². The largest absolute Gasteiger partial charge is 0.481 e. The van der Waals surface area contributed by atoms with Crippen LogP contribution in [0.1, 0.15) is 38.5 Å². The van der Waals surface area contributed by atoms with E-state index in [1.807, 2.05) is 0 Å². The van der Waals surface area contributed by atoms with Gasteiger partial charge in [-0.05, 0) is 19.3 Å². The highest BCUT2D eigenvalue weighted by Gasteiger charge is 2.33. The van der Waals surface area contributed by atoms with Gasteiger partial charge < -0.3 is 21.3 Å². The smallest absolute Gasteiger partial charge is 0.303 e. The van der Waals surface area contributed by atoms with Crippen LogP contribution in [0.5, 0.6) is 0 Å². The van der Waals surface area contributed by atoms with Crippen molar-refractivity contribution in [1.29, 1.82) is 0 Å². The quantitative estimate of drug-likeness (QED) is 0.507. The third-order valence-corrected chi connectivity index (χ3v) is 3.64. The minimum atomic E-state index is -0.958. The molecule has 0 aromatic carbocycles. The number of nitrogens with one attached hydrogen (secondary N) is 1. The number of amides is 1. The van der Waals surface area contributed by atoms with E-state index >= 15 is 0 Å². The number of nitrogens with two attached hydrogens (primary N) is 1. The van der Waals surface area contributed by atoms with Crippen LogP contribution in [-0.4, -0.2) is 41.3 Å². The maximum absolute atomic E-state index is 11.7. The van der Waals surface area contributed by atoms with E-state index in [-0.39, 0.29) is 30.8 Å². The van der Waals surface area contributed by atoms with Crippen molar-refractivity contribution in [2.75, 3.05) is 13.2 Å². The number of carboxylic acids is 1. The number of rotatable bonds is 7. The molecule has 6 heteroatoms. The Balaban J connectivity index is 2.33. The van der Waals surface area contributed by atoms with Crippen molar-refractivity contribution in [3.8, 4) is 0 Å². The molecule has 0 spiro atoms. The summed E-state index contributed by atoms with van der Waals surface area (Å²) < 4.78 is 0. The summed E-state index contributed by atoms with van der Waals surface area (Å²) in [5.41, 5.74) is 5.39. The molecule has 5 N–H and O–H groups in total. The predicted octanol–water partition coefficient (Wildman–Crippen LogP) is -0.153. The average Bonchev–Trinajstić information content (AvgIpc) is 2.82. The first-order valence-electron chi connectivity index (χ1n) is 6.35. The lowest BCUT2D eigenvalue weighted by molar-refractivity contribution is -0.137. The van der Waals surface area contributed by atoms with Gasteiger partial charge in [0.1, 0.15) is 0 Å². The van der Waals surface area contributed by atoms with Crippen LogP contribution in [0.4, 0.5) is 0 Å². The second-order valence-corrected chi connectivity index (χ2v) is 5.12. The Morgan fingerprint density at radius 1 is 1.33 bits per heavy atom. The number of aliphatic hydroxyl groups excluding tert-OH is 1. The zero-order valence-corrected chi connectivity index (χ0v) is 10.5. The van der Waals surface area contributed by atoms with Crippen LogP contribution in [0, 0.1) is 5.41 Å². The summed E-state index contributed by atoms with van der Waals surface area (Å²) in [6.45, 7) is 0.487. The topological polar surface area (TPSA) is 113 Å². The van der Waals surface area contributed by atoms with Gasteiger partial charge in [0.05, 0.1) is 12.6 Å². The first kappa shape index (κ1) is 14.9. The third kappa shape index (κ3) is 4.27. The van der Waals surface area contributed by atoms with Gasteiger partial charge in [0.25, 0.3) is 0 Å². The Labute approximate surface area is 107 Å². The van der Waals surface area contributed by atoms with E-state index < -0.39 is 12.0 Å². The molecule has 0 aromatic heterocycles. The lowest BCUT2D eigenvalue weighted by Crippen LogP contribution is -2.45. The normalized spacial score (nSPS) is 19.4. The fraction of sp³-hybridized carbons (Fsp3) is 0.833. The van der Waals surface area contributed by atoms with E-state index in [4.69, 9.17) is 10.8 Å². The van der Waals surface area contributed by atoms with Crippen LogP contribution in [0.15, 0.2) is 0 Å². The van der Waals surface area contributed by atoms with Gasteiger partial charge >= 0.3 is 5.97 Å². The fourth-order valence-electron chi connectivity index (χ4n) is 2.33. The van der Waals surface area contributed by atoms with Gasteiger partial charge in [-0.25, -0.2) is 0 Å². The summed E-state index contributed by atoms with van der Waals surface area (Å²) in [5.74, 6) is -1.29. The van der Waals surface area contributed by atoms with Crippen molar-refractivity contribution in [1.82, 2.24) is 5.32 Å². The summed E-state index contributed by atoms with van der Waals surface area (Å²) in [6.07, 6.45) is 3.98. The fourth-order valence-corrected chi connectivity index (χ4v) is 2.33. The molecule has 1 saturated carbocycles. The molecule has 104 valence electrons. The number of aliphatic carboxylic acids is 1. The highest BCUT2D eigenvalue weighted by atomic mass is 16.4. The second-order valence-electron chi connectivity index (χ2n) is 5.12. The van der Waals surface area contributed by atoms with Gasteiger partial charge in [-0.15, -0.1) is 0 Å². The zero-order chi connectivity index (χ0) is 13.6. The zero-order valence-electron chi connectivity index (χ0n) is 10.5. The van der Waals surface area contributed by atoms with E-state index in [2.05, 4.69) is 5.32 Å². The Morgan fingerprint density at radius 2 is 1.94 bits per heavy atom. The molecule has 6 nitrogen and oxygen atoms in total. The Kier molecular flexibility index (Phi) is 5.55. The van der Waals surface area contributed by atoms with Crippen molar-refractivity contribution < 1.29 is 19.8 Å². The Morgan fingerprint density at radius 3 is 2.44 bits per heavy atom. The summed E-state index contributed by atoms with van der Waals surface area (Å²) in [5, 5.41) is 20.6. The number of aliphatic hydroxyl groups is 1. The minimum absolute atomic E-state index is 0.0671. The van der Waals surface area contributed by atoms with Crippen molar-refractivity contribution in [2.45, 2.75) is 44.6 Å². The van der Waals surface area contributed by atoms with Crippen LogP contribution in [0.25, 0.3) is 0 Å². The molecule has 1 rings (SSSR count). The monoisotopic (exact) mass is 258 g/mol. The van der Waals surface area contributed by atoms with Gasteiger partial charge in [0, 0.05) is 18.4 Å². The maximum atomic E-state index is 11.7. The summed E-state index contributed by atoms with van der Waals surface area (Å²) in [6, 6.07) is -0.793. The molecule has 0 bridgehead atoms. The van der Waals surface area contributed by atoms with Gasteiger partial charge in [0.2, 0.25) is 5.91 Å². The molecule has 0 aromatic rings. The van der Waals surface area contributed by atoms with Crippen LogP contribution in [0.3, 0.4) is 0 Å². The molecule has 1 fully saturated rings. The number of carbonyl (C=O) groups excluding carboxylic acids is 1. The highest BCUT2D eigenvalue weighted by molar-refractivity contribution is 5.82. The molecule has 1 aliphatic rings. The van der Waals surface area contributed by atoms with Crippen LogP contribution < -0.4 is 11.1 Å². The molecule has 1 aliphatic carbocycles. The van der Waals surface area contributed by atoms with Gasteiger partial charge in [-0.3, -0.25) is 9.59 Å². The molecule has 0 saturated heterocycles. The molecular formula is C12H22N2O4. The van der Waals surface area contributed by atoms with Crippen LogP contribution >= 0.6 is 0 Å². The van der Waals surface area contributed by atoms with Crippen molar-refractivity contribution >= 4 is 11.9 Å². The minimum Gasteiger partial charge on any atom is -0.481 e. The van der Waals surface area contributed by atoms with E-state index in [0.29, 0.717) is 6.54 Å². The molecular weight excluding hydrogens is 236 g/mol. The molecule has 0 radical (unpaired) electrons. The van der Waals surface area contributed by atoms with Gasteiger partial charge in [-0.2, -0.15) is 0 Å². The molecule has 0 heterocycles. The first-order valence-corrected chi connectivity index (χ1v) is 6.35. The van der Waals surface area contributed by atoms with Crippen LogP contribution in [0.2, 0.25) is 0 Å². The Bertz CT molecular complexity index is 300. The summed E-state index contributed by atoms with van der Waals surface area (Å²) in [4.78, 5) is 22.0. The molecule has 1 atom stereocenters. The number of carboxylic acid groups (broad SMARTS) is 1. The highest BCUT2D eigenvalue weighted by Crippen LogP contribution is 2.36. The van der Waals surface area contributed by atoms with E-state index in [9.17, 15) is 14.7 Å². The standard InChI is InChI=1S/C12H22N2O4/c13-9(3-4-10(16)17)11(18)14-7-12(8-15)5-1-2-6-12/h9,15H,1-8,13H2,(H,14,18)(H,16,17).